The highest BCUT2D eigenvalue weighted by molar-refractivity contribution is 6.46. The number of likely N-dealkylation sites (tertiary alicyclic amines) is 1. The number of amides is 1. The zero-order chi connectivity index (χ0) is 27.4. The van der Waals surface area contributed by atoms with Gasteiger partial charge in [0.25, 0.3) is 11.7 Å². The Morgan fingerprint density at radius 1 is 1.11 bits per heavy atom. The average molecular weight is 517 g/mol. The first-order valence-electron chi connectivity index (χ1n) is 12.6. The van der Waals surface area contributed by atoms with Crippen LogP contribution in [0.2, 0.25) is 0 Å². The maximum Gasteiger partial charge on any atom is 0.295 e. The molecule has 4 rings (SSSR count). The fraction of sp³-hybridized carbons (Fsp3) is 0.300. The fourth-order valence-corrected chi connectivity index (χ4v) is 4.45. The van der Waals surface area contributed by atoms with Crippen LogP contribution >= 0.6 is 0 Å². The minimum Gasteiger partial charge on any atom is -0.507 e. The van der Waals surface area contributed by atoms with E-state index in [-0.39, 0.29) is 29.4 Å². The summed E-state index contributed by atoms with van der Waals surface area (Å²) in [4.78, 5) is 32.2. The molecule has 0 saturated carbocycles. The number of carbonyl (C=O) groups is 2. The highest BCUT2D eigenvalue weighted by atomic mass is 16.5. The molecule has 8 heteroatoms. The van der Waals surface area contributed by atoms with Crippen LogP contribution in [0.3, 0.4) is 0 Å². The summed E-state index contributed by atoms with van der Waals surface area (Å²) in [6, 6.07) is 12.5. The van der Waals surface area contributed by atoms with E-state index in [9.17, 15) is 19.8 Å². The molecule has 1 amide bonds. The molecule has 2 aromatic carbocycles. The number of aliphatic hydroxyl groups is 1. The topological polar surface area (TPSA) is 109 Å². The summed E-state index contributed by atoms with van der Waals surface area (Å²) in [7, 11) is 0. The number of aryl methyl sites for hydroxylation is 1. The van der Waals surface area contributed by atoms with Gasteiger partial charge in [0.15, 0.2) is 11.5 Å². The Morgan fingerprint density at radius 2 is 1.89 bits per heavy atom. The summed E-state index contributed by atoms with van der Waals surface area (Å²) in [6.45, 7) is 8.68. The molecule has 0 aliphatic carbocycles. The largest absolute Gasteiger partial charge is 0.507 e. The van der Waals surface area contributed by atoms with Crippen LogP contribution in [-0.2, 0) is 16.1 Å². The number of aromatic nitrogens is 1. The van der Waals surface area contributed by atoms with E-state index < -0.39 is 17.7 Å². The molecule has 0 radical (unpaired) electrons. The van der Waals surface area contributed by atoms with E-state index in [2.05, 4.69) is 18.8 Å². The summed E-state index contributed by atoms with van der Waals surface area (Å²) in [6.07, 6.45) is 3.25. The molecular formula is C30H32N2O6. The molecule has 1 atom stereocenters. The van der Waals surface area contributed by atoms with E-state index in [1.165, 1.54) is 11.0 Å². The molecule has 198 valence electrons. The second kappa shape index (κ2) is 11.4. The minimum absolute atomic E-state index is 0.0361. The predicted molar refractivity (Wildman–Crippen MR) is 143 cm³/mol. The van der Waals surface area contributed by atoms with Crippen LogP contribution < -0.4 is 9.47 Å². The molecule has 38 heavy (non-hydrogen) atoms. The van der Waals surface area contributed by atoms with E-state index in [1.807, 2.05) is 13.0 Å². The number of ether oxygens (including phenoxy) is 2. The van der Waals surface area contributed by atoms with Crippen LogP contribution in [0.5, 0.6) is 17.2 Å². The minimum atomic E-state index is -0.911. The molecule has 0 unspecified atom stereocenters. The van der Waals surface area contributed by atoms with Gasteiger partial charge in [-0.15, -0.1) is 0 Å². The SMILES string of the molecule is CCOc1cc([C@H]2C(=C(O)c3ccc(OCC(C)C)cc3C)C(=O)C(=O)N2Cc2cccnc2)ccc1O. The van der Waals surface area contributed by atoms with E-state index in [0.717, 1.165) is 5.56 Å². The predicted octanol–water partition coefficient (Wildman–Crippen LogP) is 5.15. The molecule has 1 fully saturated rings. The van der Waals surface area contributed by atoms with Crippen molar-refractivity contribution in [2.75, 3.05) is 13.2 Å². The quantitative estimate of drug-likeness (QED) is 0.230. The number of phenolic OH excluding ortho intramolecular Hbond substituents is 1. The number of pyridine rings is 1. The molecule has 2 N–H and O–H groups in total. The number of carbonyl (C=O) groups excluding carboxylic acids is 2. The van der Waals surface area contributed by atoms with E-state index in [4.69, 9.17) is 9.47 Å². The first kappa shape index (κ1) is 26.7. The number of aromatic hydroxyl groups is 1. The van der Waals surface area contributed by atoms with Crippen LogP contribution in [0.15, 0.2) is 66.5 Å². The number of rotatable bonds is 9. The van der Waals surface area contributed by atoms with Gasteiger partial charge < -0.3 is 24.6 Å². The second-order valence-corrected chi connectivity index (χ2v) is 9.63. The summed E-state index contributed by atoms with van der Waals surface area (Å²) >= 11 is 0. The number of aliphatic hydroxyl groups excluding tert-OH is 1. The Hall–Kier alpha value is -4.33. The van der Waals surface area contributed by atoms with Crippen molar-refractivity contribution in [2.45, 2.75) is 40.3 Å². The lowest BCUT2D eigenvalue weighted by Gasteiger charge is -2.26. The average Bonchev–Trinajstić information content (AvgIpc) is 3.14. The summed E-state index contributed by atoms with van der Waals surface area (Å²) < 4.78 is 11.4. The molecule has 8 nitrogen and oxygen atoms in total. The molecular weight excluding hydrogens is 484 g/mol. The number of Topliss-reactive ketones (excluding diaryl/α,β-unsaturated/α-hetero) is 1. The first-order valence-corrected chi connectivity index (χ1v) is 12.6. The second-order valence-electron chi connectivity index (χ2n) is 9.63. The Balaban J connectivity index is 1.83. The third-order valence-electron chi connectivity index (χ3n) is 6.25. The van der Waals surface area contributed by atoms with Gasteiger partial charge in [0.2, 0.25) is 0 Å². The molecule has 1 aromatic heterocycles. The van der Waals surface area contributed by atoms with Gasteiger partial charge in [-0.25, -0.2) is 0 Å². The van der Waals surface area contributed by atoms with Crippen molar-refractivity contribution < 1.29 is 29.3 Å². The third kappa shape index (κ3) is 5.49. The van der Waals surface area contributed by atoms with E-state index >= 15 is 0 Å². The van der Waals surface area contributed by atoms with Gasteiger partial charge in [-0.1, -0.05) is 26.0 Å². The standard InChI is InChI=1S/C30H32N2O6/c1-5-37-25-14-21(8-11-24(25)33)27-26(29(35)30(36)32(27)16-20-7-6-12-31-15-20)28(34)23-10-9-22(13-19(23)4)38-17-18(2)3/h6-15,18,27,33-34H,5,16-17H2,1-4H3/t27-/m0/s1. The van der Waals surface area contributed by atoms with Gasteiger partial charge in [0.05, 0.1) is 24.8 Å². The Bertz CT molecular complexity index is 1370. The van der Waals surface area contributed by atoms with Gasteiger partial charge in [-0.05, 0) is 72.9 Å². The number of ketones is 1. The normalized spacial score (nSPS) is 16.8. The van der Waals surface area contributed by atoms with Crippen LogP contribution in [-0.4, -0.2) is 45.0 Å². The summed E-state index contributed by atoms with van der Waals surface area (Å²) in [5.74, 6) is -0.636. The van der Waals surface area contributed by atoms with E-state index in [0.29, 0.717) is 41.6 Å². The maximum atomic E-state index is 13.4. The number of phenols is 1. The van der Waals surface area contributed by atoms with Gasteiger partial charge in [-0.2, -0.15) is 0 Å². The van der Waals surface area contributed by atoms with Crippen LogP contribution in [0.1, 0.15) is 49.1 Å². The number of nitrogens with zero attached hydrogens (tertiary/aromatic N) is 2. The summed E-state index contributed by atoms with van der Waals surface area (Å²) in [5.41, 5.74) is 2.33. The molecule has 0 spiro atoms. The molecule has 1 aliphatic heterocycles. The van der Waals surface area contributed by atoms with Crippen molar-refractivity contribution in [2.24, 2.45) is 5.92 Å². The van der Waals surface area contributed by atoms with Crippen LogP contribution in [0.25, 0.3) is 5.76 Å². The van der Waals surface area contributed by atoms with Crippen LogP contribution in [0.4, 0.5) is 0 Å². The van der Waals surface area contributed by atoms with Crippen molar-refractivity contribution >= 4 is 17.4 Å². The lowest BCUT2D eigenvalue weighted by atomic mass is 9.93. The smallest absolute Gasteiger partial charge is 0.295 e. The number of hydrogen-bond donors (Lipinski definition) is 2. The maximum absolute atomic E-state index is 13.4. The van der Waals surface area contributed by atoms with Crippen molar-refractivity contribution in [3.8, 4) is 17.2 Å². The zero-order valence-corrected chi connectivity index (χ0v) is 22.0. The third-order valence-corrected chi connectivity index (χ3v) is 6.25. The van der Waals surface area contributed by atoms with Crippen molar-refractivity contribution in [1.29, 1.82) is 0 Å². The lowest BCUT2D eigenvalue weighted by molar-refractivity contribution is -0.140. The van der Waals surface area contributed by atoms with Crippen molar-refractivity contribution in [3.63, 3.8) is 0 Å². The Labute approximate surface area is 222 Å². The van der Waals surface area contributed by atoms with Gasteiger partial charge in [0.1, 0.15) is 11.5 Å². The van der Waals surface area contributed by atoms with Crippen molar-refractivity contribution in [3.05, 3.63) is 88.8 Å². The molecule has 1 saturated heterocycles. The lowest BCUT2D eigenvalue weighted by Crippen LogP contribution is -2.29. The molecule has 1 aliphatic rings. The first-order chi connectivity index (χ1) is 18.2. The van der Waals surface area contributed by atoms with Crippen molar-refractivity contribution in [1.82, 2.24) is 9.88 Å². The molecule has 2 heterocycles. The number of hydrogen-bond acceptors (Lipinski definition) is 7. The zero-order valence-electron chi connectivity index (χ0n) is 22.0. The van der Waals surface area contributed by atoms with Gasteiger partial charge in [0, 0.05) is 24.5 Å². The Kier molecular flexibility index (Phi) is 8.00. The fourth-order valence-electron chi connectivity index (χ4n) is 4.45. The van der Waals surface area contributed by atoms with E-state index in [1.54, 1.807) is 55.7 Å². The Morgan fingerprint density at radius 3 is 2.55 bits per heavy atom. The number of benzene rings is 2. The summed E-state index contributed by atoms with van der Waals surface area (Å²) in [5, 5.41) is 21.7. The molecule has 0 bridgehead atoms. The van der Waals surface area contributed by atoms with Gasteiger partial charge in [-0.3, -0.25) is 14.6 Å². The highest BCUT2D eigenvalue weighted by Gasteiger charge is 2.46. The van der Waals surface area contributed by atoms with Gasteiger partial charge >= 0.3 is 0 Å². The highest BCUT2D eigenvalue weighted by Crippen LogP contribution is 2.43. The van der Waals surface area contributed by atoms with Crippen LogP contribution in [0, 0.1) is 12.8 Å². The monoisotopic (exact) mass is 516 g/mol. The molecule has 3 aromatic rings.